The van der Waals surface area contributed by atoms with Crippen LogP contribution in [-0.4, -0.2) is 42.8 Å². The molecule has 4 N–H and O–H groups in total. The van der Waals surface area contributed by atoms with Gasteiger partial charge in [-0.2, -0.15) is 0 Å². The van der Waals surface area contributed by atoms with Crippen molar-refractivity contribution in [1.29, 1.82) is 0 Å². The summed E-state index contributed by atoms with van der Waals surface area (Å²) in [6.45, 7) is 4.56. The van der Waals surface area contributed by atoms with E-state index in [1.165, 1.54) is 27.0 Å². The number of hydrogen-bond donors (Lipinski definition) is 4. The molecule has 0 unspecified atom stereocenters. The third-order valence-corrected chi connectivity index (χ3v) is 10.7. The van der Waals surface area contributed by atoms with Crippen LogP contribution < -0.4 is 5.46 Å². The molecule has 9 rings (SSSR count). The lowest BCUT2D eigenvalue weighted by Crippen LogP contribution is -2.14. The van der Waals surface area contributed by atoms with Gasteiger partial charge in [-0.05, 0) is 39.7 Å². The molecule has 3 aromatic heterocycles. The Balaban J connectivity index is 1.44. The van der Waals surface area contributed by atoms with Crippen molar-refractivity contribution in [3.8, 4) is 50.6 Å². The Morgan fingerprint density at radius 1 is 0.696 bits per heavy atom. The minimum atomic E-state index is -0.843. The van der Waals surface area contributed by atoms with Crippen molar-refractivity contribution in [3.63, 3.8) is 0 Å². The SMILES string of the molecule is [B]c1c(O)c(O)c(O)c(-c2nc(-n3c4ccccc4c4ccc5c6c(sc5c43)-c3ccccc3C6(C)C)nc3ccccc23)c1O. The number of aromatic hydroxyl groups is 4. The Morgan fingerprint density at radius 3 is 2.22 bits per heavy atom. The summed E-state index contributed by atoms with van der Waals surface area (Å²) in [5.41, 5.74) is 5.56. The van der Waals surface area contributed by atoms with Gasteiger partial charge >= 0.3 is 0 Å². The zero-order valence-electron chi connectivity index (χ0n) is 24.7. The van der Waals surface area contributed by atoms with Crippen LogP contribution in [0.2, 0.25) is 0 Å². The molecule has 0 saturated heterocycles. The van der Waals surface area contributed by atoms with E-state index in [0.717, 1.165) is 26.5 Å². The van der Waals surface area contributed by atoms with Crippen molar-refractivity contribution < 1.29 is 20.4 Å². The van der Waals surface area contributed by atoms with Crippen LogP contribution in [0.25, 0.3) is 70.4 Å². The molecule has 3 heterocycles. The summed E-state index contributed by atoms with van der Waals surface area (Å²) in [6, 6.07) is 28.3. The van der Waals surface area contributed by atoms with Crippen molar-refractivity contribution >= 4 is 67.4 Å². The number of thiophene rings is 1. The summed E-state index contributed by atoms with van der Waals surface area (Å²) in [6.07, 6.45) is 0. The quantitative estimate of drug-likeness (QED) is 0.0907. The molecule has 0 amide bonds. The van der Waals surface area contributed by atoms with Gasteiger partial charge in [0.15, 0.2) is 11.5 Å². The van der Waals surface area contributed by atoms with Crippen LogP contribution >= 0.6 is 11.3 Å². The van der Waals surface area contributed by atoms with E-state index in [-0.39, 0.29) is 16.7 Å². The van der Waals surface area contributed by atoms with Crippen molar-refractivity contribution in [2.24, 2.45) is 0 Å². The maximum atomic E-state index is 11.1. The fourth-order valence-electron chi connectivity index (χ4n) is 7.28. The first kappa shape index (κ1) is 26.8. The molecule has 9 heteroatoms. The third kappa shape index (κ3) is 3.27. The standard InChI is InChI=1S/C37H24BN3O4S/c1-37(2)22-12-6-3-10-19(22)34-26(37)21-16-15-18-17-9-5-8-14-24(17)41(29(18)35(21)46-34)36-39-23-13-7-4-11-20(23)28(40-36)25-30(42)27(38)32(44)33(45)31(25)43/h3-16,42-45H,1-2H3. The van der Waals surface area contributed by atoms with Gasteiger partial charge in [0, 0.05) is 26.5 Å². The number of fused-ring (bicyclic) bond motifs is 10. The number of nitrogens with zero attached hydrogens (tertiary/aromatic N) is 3. The highest BCUT2D eigenvalue weighted by molar-refractivity contribution is 7.23. The van der Waals surface area contributed by atoms with Crippen LogP contribution in [-0.2, 0) is 5.41 Å². The first-order valence-electron chi connectivity index (χ1n) is 14.8. The monoisotopic (exact) mass is 617 g/mol. The van der Waals surface area contributed by atoms with Gasteiger partial charge < -0.3 is 20.4 Å². The topological polar surface area (TPSA) is 112 Å². The second kappa shape index (κ2) is 9.02. The van der Waals surface area contributed by atoms with Gasteiger partial charge in [0.05, 0.1) is 32.5 Å². The Bertz CT molecular complexity index is 2610. The third-order valence-electron chi connectivity index (χ3n) is 9.42. The number of hydrogen-bond acceptors (Lipinski definition) is 7. The van der Waals surface area contributed by atoms with Gasteiger partial charge in [-0.1, -0.05) is 86.6 Å². The molecule has 1 aliphatic rings. The molecule has 0 bridgehead atoms. The fraction of sp³-hybridized carbons (Fsp3) is 0.0811. The fourth-order valence-corrected chi connectivity index (χ4v) is 8.82. The van der Waals surface area contributed by atoms with Gasteiger partial charge in [-0.3, -0.25) is 4.57 Å². The Kier molecular flexibility index (Phi) is 5.26. The van der Waals surface area contributed by atoms with E-state index < -0.39 is 28.5 Å². The largest absolute Gasteiger partial charge is 0.508 e. The van der Waals surface area contributed by atoms with Gasteiger partial charge in [0.1, 0.15) is 13.6 Å². The lowest BCUT2D eigenvalue weighted by Gasteiger charge is -2.21. The molecule has 220 valence electrons. The summed E-state index contributed by atoms with van der Waals surface area (Å²) in [4.78, 5) is 11.2. The molecule has 0 aliphatic heterocycles. The molecule has 0 atom stereocenters. The van der Waals surface area contributed by atoms with E-state index in [1.807, 2.05) is 34.9 Å². The van der Waals surface area contributed by atoms with Crippen molar-refractivity contribution in [3.05, 3.63) is 96.1 Å². The first-order valence-corrected chi connectivity index (χ1v) is 15.6. The number of aromatic nitrogens is 3. The van der Waals surface area contributed by atoms with Crippen LogP contribution in [0.3, 0.4) is 0 Å². The van der Waals surface area contributed by atoms with Crippen molar-refractivity contribution in [2.45, 2.75) is 19.3 Å². The highest BCUT2D eigenvalue weighted by atomic mass is 32.1. The Labute approximate surface area is 267 Å². The number of benzene rings is 5. The predicted octanol–water partition coefficient (Wildman–Crippen LogP) is 7.53. The van der Waals surface area contributed by atoms with Crippen LogP contribution in [0.5, 0.6) is 23.0 Å². The summed E-state index contributed by atoms with van der Waals surface area (Å²) < 4.78 is 3.14. The average molecular weight is 617 g/mol. The van der Waals surface area contributed by atoms with Crippen LogP contribution in [0.1, 0.15) is 25.0 Å². The molecule has 7 nitrogen and oxygen atoms in total. The number of phenolic OH excluding ortho intramolecular Hbond substituents is 4. The molecule has 5 aromatic carbocycles. The van der Waals surface area contributed by atoms with Gasteiger partial charge in [-0.15, -0.1) is 11.3 Å². The second-order valence-corrected chi connectivity index (χ2v) is 13.3. The number of rotatable bonds is 2. The highest BCUT2D eigenvalue weighted by Gasteiger charge is 2.39. The minimum Gasteiger partial charge on any atom is -0.508 e. The van der Waals surface area contributed by atoms with Crippen molar-refractivity contribution in [1.82, 2.24) is 14.5 Å². The summed E-state index contributed by atoms with van der Waals surface area (Å²) in [7, 11) is 5.95. The lowest BCUT2D eigenvalue weighted by molar-refractivity contribution is 0.365. The first-order chi connectivity index (χ1) is 22.2. The summed E-state index contributed by atoms with van der Waals surface area (Å²) in [5.74, 6) is -2.67. The summed E-state index contributed by atoms with van der Waals surface area (Å²) >= 11 is 1.77. The molecule has 46 heavy (non-hydrogen) atoms. The molecule has 0 spiro atoms. The Hall–Kier alpha value is -5.54. The van der Waals surface area contributed by atoms with Gasteiger partial charge in [0.2, 0.25) is 11.7 Å². The Morgan fingerprint density at radius 2 is 1.39 bits per heavy atom. The second-order valence-electron chi connectivity index (χ2n) is 12.2. The predicted molar refractivity (Wildman–Crippen MR) is 184 cm³/mol. The van der Waals surface area contributed by atoms with E-state index in [9.17, 15) is 20.4 Å². The molecular weight excluding hydrogens is 593 g/mol. The molecule has 0 saturated carbocycles. The van der Waals surface area contributed by atoms with Crippen molar-refractivity contribution in [2.75, 3.05) is 0 Å². The van der Waals surface area contributed by atoms with Crippen LogP contribution in [0.4, 0.5) is 0 Å². The maximum absolute atomic E-state index is 11.1. The van der Waals surface area contributed by atoms with E-state index >= 15 is 0 Å². The van der Waals surface area contributed by atoms with Gasteiger partial charge in [-0.25, -0.2) is 9.97 Å². The molecule has 2 radical (unpaired) electrons. The normalized spacial score (nSPS) is 13.6. The number of para-hydroxylation sites is 2. The van der Waals surface area contributed by atoms with E-state index in [0.29, 0.717) is 16.9 Å². The number of phenols is 4. The summed E-state index contributed by atoms with van der Waals surface area (Å²) in [5, 5.41) is 46.6. The van der Waals surface area contributed by atoms with E-state index in [2.05, 4.69) is 56.3 Å². The molecular formula is C37H24BN3O4S. The van der Waals surface area contributed by atoms with Gasteiger partial charge in [0.25, 0.3) is 0 Å². The average Bonchev–Trinajstić information content (AvgIpc) is 3.69. The van der Waals surface area contributed by atoms with E-state index in [4.69, 9.17) is 17.8 Å². The molecule has 1 aliphatic carbocycles. The smallest absolute Gasteiger partial charge is 0.235 e. The van der Waals surface area contributed by atoms with E-state index in [1.54, 1.807) is 23.5 Å². The molecule has 8 aromatic rings. The van der Waals surface area contributed by atoms with Crippen LogP contribution in [0.15, 0.2) is 84.9 Å². The minimum absolute atomic E-state index is 0.152. The highest BCUT2D eigenvalue weighted by Crippen LogP contribution is 2.57. The van der Waals surface area contributed by atoms with Crippen LogP contribution in [0, 0.1) is 0 Å². The zero-order valence-corrected chi connectivity index (χ0v) is 25.5. The maximum Gasteiger partial charge on any atom is 0.235 e. The zero-order chi connectivity index (χ0) is 31.6. The lowest BCUT2D eigenvalue weighted by atomic mass is 9.81. The molecule has 0 fully saturated rings.